The normalized spacial score (nSPS) is 20.3. The van der Waals surface area contributed by atoms with Crippen LogP contribution in [-0.2, 0) is 9.84 Å². The van der Waals surface area contributed by atoms with Crippen molar-refractivity contribution in [2.75, 3.05) is 31.1 Å². The fourth-order valence-corrected chi connectivity index (χ4v) is 4.25. The average molecular weight is 338 g/mol. The second-order valence-electron chi connectivity index (χ2n) is 3.95. The van der Waals surface area contributed by atoms with Crippen LogP contribution in [0.4, 0.5) is 0 Å². The number of Topliss-reactive ketones (excluding diaryl/α,β-unsaturated/α-hetero) is 1. The van der Waals surface area contributed by atoms with Crippen LogP contribution in [0.3, 0.4) is 0 Å². The van der Waals surface area contributed by atoms with Crippen LogP contribution in [0.5, 0.6) is 0 Å². The molecule has 1 aliphatic rings. The van der Waals surface area contributed by atoms with Gasteiger partial charge < -0.3 is 0 Å². The van der Waals surface area contributed by atoms with E-state index in [1.165, 1.54) is 11.3 Å². The van der Waals surface area contributed by atoms with E-state index >= 15 is 0 Å². The van der Waals surface area contributed by atoms with Crippen molar-refractivity contribution in [1.82, 2.24) is 4.90 Å². The van der Waals surface area contributed by atoms with Crippen molar-refractivity contribution in [1.29, 1.82) is 0 Å². The van der Waals surface area contributed by atoms with Gasteiger partial charge in [0, 0.05) is 13.1 Å². The Morgan fingerprint density at radius 2 is 2.00 bits per heavy atom. The minimum absolute atomic E-state index is 0.0556. The van der Waals surface area contributed by atoms with Crippen molar-refractivity contribution in [3.63, 3.8) is 0 Å². The van der Waals surface area contributed by atoms with E-state index in [1.54, 1.807) is 6.07 Å². The predicted molar refractivity (Wildman–Crippen MR) is 71.4 cm³/mol. The summed E-state index contributed by atoms with van der Waals surface area (Å²) in [6, 6.07) is 3.64. The van der Waals surface area contributed by atoms with Crippen LogP contribution < -0.4 is 0 Å². The van der Waals surface area contributed by atoms with Gasteiger partial charge in [-0.05, 0) is 28.1 Å². The van der Waals surface area contributed by atoms with E-state index in [4.69, 9.17) is 0 Å². The van der Waals surface area contributed by atoms with Gasteiger partial charge in [-0.2, -0.15) is 0 Å². The molecule has 0 N–H and O–H groups in total. The Bertz CT molecular complexity index is 509. The van der Waals surface area contributed by atoms with Crippen molar-refractivity contribution >= 4 is 42.9 Å². The maximum Gasteiger partial charge on any atom is 0.186 e. The van der Waals surface area contributed by atoms with Crippen LogP contribution in [-0.4, -0.2) is 50.2 Å². The molecule has 0 atom stereocenters. The van der Waals surface area contributed by atoms with E-state index in [0.29, 0.717) is 24.5 Å². The molecule has 1 aromatic heterocycles. The van der Waals surface area contributed by atoms with Crippen molar-refractivity contribution in [2.24, 2.45) is 0 Å². The smallest absolute Gasteiger partial charge is 0.186 e. The van der Waals surface area contributed by atoms with Gasteiger partial charge in [-0.1, -0.05) is 0 Å². The molecular weight excluding hydrogens is 326 g/mol. The number of thiophene rings is 1. The van der Waals surface area contributed by atoms with Crippen LogP contribution in [0, 0.1) is 0 Å². The van der Waals surface area contributed by atoms with Crippen molar-refractivity contribution in [2.45, 2.75) is 0 Å². The molecular formula is C10H12BrNO3S2. The molecule has 94 valence electrons. The number of halogens is 1. The number of ketones is 1. The zero-order valence-electron chi connectivity index (χ0n) is 9.06. The molecule has 17 heavy (non-hydrogen) atoms. The second-order valence-corrected chi connectivity index (χ2v) is 8.72. The van der Waals surface area contributed by atoms with Gasteiger partial charge in [-0.25, -0.2) is 8.42 Å². The Morgan fingerprint density at radius 3 is 2.53 bits per heavy atom. The third kappa shape index (κ3) is 3.61. The Balaban J connectivity index is 1.92. The van der Waals surface area contributed by atoms with Gasteiger partial charge in [0.2, 0.25) is 0 Å². The van der Waals surface area contributed by atoms with Gasteiger partial charge in [0.25, 0.3) is 0 Å². The van der Waals surface area contributed by atoms with E-state index in [9.17, 15) is 13.2 Å². The number of sulfone groups is 1. The molecule has 0 aliphatic carbocycles. The summed E-state index contributed by atoms with van der Waals surface area (Å²) in [5.74, 6) is 0.378. The fraction of sp³-hybridized carbons (Fsp3) is 0.500. The number of hydrogen-bond donors (Lipinski definition) is 0. The summed E-state index contributed by atoms with van der Waals surface area (Å²) in [5.41, 5.74) is 0. The highest BCUT2D eigenvalue weighted by Crippen LogP contribution is 2.22. The Hall–Kier alpha value is -0.240. The first kappa shape index (κ1) is 13.2. The van der Waals surface area contributed by atoms with Crippen molar-refractivity contribution in [3.8, 4) is 0 Å². The van der Waals surface area contributed by atoms with Crippen molar-refractivity contribution in [3.05, 3.63) is 20.8 Å². The highest BCUT2D eigenvalue weighted by Gasteiger charge is 2.23. The highest BCUT2D eigenvalue weighted by molar-refractivity contribution is 9.11. The lowest BCUT2D eigenvalue weighted by Gasteiger charge is -2.25. The van der Waals surface area contributed by atoms with E-state index in [2.05, 4.69) is 15.9 Å². The maximum atomic E-state index is 11.9. The molecule has 0 spiro atoms. The molecule has 2 heterocycles. The number of nitrogens with zero attached hydrogens (tertiary/aromatic N) is 1. The van der Waals surface area contributed by atoms with Gasteiger partial charge in [0.1, 0.15) is 0 Å². The third-order valence-corrected chi connectivity index (χ3v) is 5.93. The zero-order chi connectivity index (χ0) is 12.5. The molecule has 1 saturated heterocycles. The summed E-state index contributed by atoms with van der Waals surface area (Å²) in [6.07, 6.45) is 0. The highest BCUT2D eigenvalue weighted by atomic mass is 79.9. The van der Waals surface area contributed by atoms with Crippen LogP contribution in [0.1, 0.15) is 9.67 Å². The molecule has 0 aromatic carbocycles. The first-order valence-electron chi connectivity index (χ1n) is 5.17. The number of carbonyl (C=O) groups is 1. The molecule has 0 unspecified atom stereocenters. The summed E-state index contributed by atoms with van der Waals surface area (Å²) < 4.78 is 23.4. The SMILES string of the molecule is O=C(CN1CCS(=O)(=O)CC1)c1ccc(Br)s1. The largest absolute Gasteiger partial charge is 0.294 e. The zero-order valence-corrected chi connectivity index (χ0v) is 12.3. The minimum Gasteiger partial charge on any atom is -0.294 e. The summed E-state index contributed by atoms with van der Waals surface area (Å²) in [6.45, 7) is 1.23. The van der Waals surface area contributed by atoms with Crippen LogP contribution in [0.2, 0.25) is 0 Å². The lowest BCUT2D eigenvalue weighted by atomic mass is 10.3. The van der Waals surface area contributed by atoms with Gasteiger partial charge in [0.15, 0.2) is 15.6 Å². The monoisotopic (exact) mass is 337 g/mol. The molecule has 1 aliphatic heterocycles. The second kappa shape index (κ2) is 5.17. The van der Waals surface area contributed by atoms with Gasteiger partial charge >= 0.3 is 0 Å². The van der Waals surface area contributed by atoms with Gasteiger partial charge in [-0.3, -0.25) is 9.69 Å². The first-order chi connectivity index (χ1) is 7.96. The quantitative estimate of drug-likeness (QED) is 0.783. The van der Waals surface area contributed by atoms with Crippen LogP contribution in [0.15, 0.2) is 15.9 Å². The van der Waals surface area contributed by atoms with Crippen molar-refractivity contribution < 1.29 is 13.2 Å². The molecule has 7 heteroatoms. The summed E-state index contributed by atoms with van der Waals surface area (Å²) in [5, 5.41) is 0. The molecule has 2 rings (SSSR count). The Morgan fingerprint density at radius 1 is 1.35 bits per heavy atom. The molecule has 1 aromatic rings. The standard InChI is InChI=1S/C10H12BrNO3S2/c11-10-2-1-9(16-10)8(13)7-12-3-5-17(14,15)6-4-12/h1-2H,3-7H2. The molecule has 0 bridgehead atoms. The number of hydrogen-bond acceptors (Lipinski definition) is 5. The minimum atomic E-state index is -2.87. The molecule has 0 saturated carbocycles. The van der Waals surface area contributed by atoms with Gasteiger partial charge in [0.05, 0.1) is 26.7 Å². The van der Waals surface area contributed by atoms with E-state index in [-0.39, 0.29) is 17.3 Å². The molecule has 1 fully saturated rings. The number of carbonyl (C=O) groups excluding carboxylic acids is 1. The number of rotatable bonds is 3. The fourth-order valence-electron chi connectivity index (χ4n) is 1.65. The maximum absolute atomic E-state index is 11.9. The summed E-state index contributed by atoms with van der Waals surface area (Å²) >= 11 is 4.72. The van der Waals surface area contributed by atoms with E-state index in [0.717, 1.165) is 3.79 Å². The predicted octanol–water partition coefficient (Wildman–Crippen LogP) is 1.42. The topological polar surface area (TPSA) is 54.5 Å². The van der Waals surface area contributed by atoms with Gasteiger partial charge in [-0.15, -0.1) is 11.3 Å². The summed E-state index contributed by atoms with van der Waals surface area (Å²) in [4.78, 5) is 14.5. The Kier molecular flexibility index (Phi) is 4.02. The lowest BCUT2D eigenvalue weighted by molar-refractivity contribution is 0.0940. The summed E-state index contributed by atoms with van der Waals surface area (Å²) in [7, 11) is -2.87. The first-order valence-corrected chi connectivity index (χ1v) is 8.61. The van der Waals surface area contributed by atoms with E-state index in [1.807, 2.05) is 11.0 Å². The molecule has 0 amide bonds. The molecule has 4 nitrogen and oxygen atoms in total. The van der Waals surface area contributed by atoms with Crippen LogP contribution in [0.25, 0.3) is 0 Å². The average Bonchev–Trinajstić information content (AvgIpc) is 2.68. The lowest BCUT2D eigenvalue weighted by Crippen LogP contribution is -2.42. The van der Waals surface area contributed by atoms with Crippen LogP contribution >= 0.6 is 27.3 Å². The Labute approximate surface area is 113 Å². The van der Waals surface area contributed by atoms with E-state index < -0.39 is 9.84 Å². The molecule has 0 radical (unpaired) electrons. The third-order valence-electron chi connectivity index (χ3n) is 2.65.